The molecule has 0 bridgehead atoms. The summed E-state index contributed by atoms with van der Waals surface area (Å²) in [5.41, 5.74) is 11.2. The molecule has 0 saturated heterocycles. The second kappa shape index (κ2) is 6.89. The zero-order chi connectivity index (χ0) is 17.2. The molecule has 0 amide bonds. The first-order valence-corrected chi connectivity index (χ1v) is 9.24. The van der Waals surface area contributed by atoms with E-state index < -0.39 is 0 Å². The molecule has 4 rings (SSSR count). The summed E-state index contributed by atoms with van der Waals surface area (Å²) in [5, 5.41) is 3.66. The van der Waals surface area contributed by atoms with Crippen LogP contribution in [0.3, 0.4) is 0 Å². The number of fused-ring (bicyclic) bond motifs is 1. The monoisotopic (exact) mass is 334 g/mol. The van der Waals surface area contributed by atoms with Crippen LogP contribution in [0.2, 0.25) is 0 Å². The van der Waals surface area contributed by atoms with Crippen molar-refractivity contribution in [3.05, 3.63) is 59.7 Å². The first kappa shape index (κ1) is 16.2. The zero-order valence-corrected chi connectivity index (χ0v) is 14.8. The Kier molecular flexibility index (Phi) is 4.45. The van der Waals surface area contributed by atoms with Crippen LogP contribution in [0.25, 0.3) is 11.0 Å². The second-order valence-corrected chi connectivity index (χ2v) is 7.14. The van der Waals surface area contributed by atoms with Crippen LogP contribution in [-0.4, -0.2) is 21.6 Å². The van der Waals surface area contributed by atoms with Gasteiger partial charge in [0.25, 0.3) is 0 Å². The molecule has 4 nitrogen and oxygen atoms in total. The fraction of sp³-hybridized carbons (Fsp3) is 0.381. The molecule has 3 N–H and O–H groups in total. The molecule has 1 aliphatic carbocycles. The summed E-state index contributed by atoms with van der Waals surface area (Å²) in [7, 11) is 0. The highest BCUT2D eigenvalue weighted by Gasteiger charge is 2.23. The molecule has 2 aromatic carbocycles. The molecule has 1 aliphatic rings. The van der Waals surface area contributed by atoms with Crippen LogP contribution in [0.5, 0.6) is 0 Å². The lowest BCUT2D eigenvalue weighted by Gasteiger charge is -2.30. The van der Waals surface area contributed by atoms with Crippen molar-refractivity contribution >= 4 is 17.0 Å². The smallest absolute Gasteiger partial charge is 0.204 e. The van der Waals surface area contributed by atoms with Gasteiger partial charge in [-0.3, -0.25) is 0 Å². The quantitative estimate of drug-likeness (QED) is 0.756. The number of hydrogen-bond acceptors (Lipinski definition) is 3. The average molecular weight is 334 g/mol. The highest BCUT2D eigenvalue weighted by molar-refractivity contribution is 5.78. The topological polar surface area (TPSA) is 55.9 Å². The minimum absolute atomic E-state index is 0.209. The standard InChI is InChI=1S/C21H26N4/c1-15-8-2-3-9-16(15)14-25-20-13-7-6-12-19(20)24-21(25)23-18-11-5-4-10-17(18)22/h2-3,6-9,12-13,17-18H,4-5,10-11,14,22H2,1H3,(H,23,24)/t17-,18+/m1/s1. The van der Waals surface area contributed by atoms with Crippen molar-refractivity contribution in [1.82, 2.24) is 9.55 Å². The summed E-state index contributed by atoms with van der Waals surface area (Å²) < 4.78 is 2.29. The van der Waals surface area contributed by atoms with Crippen LogP contribution in [0.15, 0.2) is 48.5 Å². The van der Waals surface area contributed by atoms with Gasteiger partial charge in [0.1, 0.15) is 0 Å². The van der Waals surface area contributed by atoms with Crippen molar-refractivity contribution < 1.29 is 0 Å². The van der Waals surface area contributed by atoms with Crippen molar-refractivity contribution in [2.75, 3.05) is 5.32 Å². The Morgan fingerprint density at radius 2 is 1.84 bits per heavy atom. The number of para-hydroxylation sites is 2. The molecule has 4 heteroatoms. The number of nitrogens with zero attached hydrogens (tertiary/aromatic N) is 2. The molecule has 25 heavy (non-hydrogen) atoms. The van der Waals surface area contributed by atoms with Crippen LogP contribution in [0.4, 0.5) is 5.95 Å². The van der Waals surface area contributed by atoms with Gasteiger partial charge in [-0.1, -0.05) is 49.2 Å². The van der Waals surface area contributed by atoms with Crippen molar-refractivity contribution in [1.29, 1.82) is 0 Å². The van der Waals surface area contributed by atoms with Gasteiger partial charge in [0.2, 0.25) is 5.95 Å². The Morgan fingerprint density at radius 1 is 1.08 bits per heavy atom. The van der Waals surface area contributed by atoms with Gasteiger partial charge in [0.05, 0.1) is 17.6 Å². The lowest BCUT2D eigenvalue weighted by atomic mass is 9.91. The van der Waals surface area contributed by atoms with E-state index in [1.165, 1.54) is 24.0 Å². The first-order chi connectivity index (χ1) is 12.2. The predicted molar refractivity (Wildman–Crippen MR) is 104 cm³/mol. The minimum atomic E-state index is 0.209. The van der Waals surface area contributed by atoms with Crippen molar-refractivity contribution in [2.45, 2.75) is 51.2 Å². The Morgan fingerprint density at radius 3 is 2.68 bits per heavy atom. The number of imidazole rings is 1. The number of hydrogen-bond donors (Lipinski definition) is 2. The summed E-state index contributed by atoms with van der Waals surface area (Å²) in [4.78, 5) is 4.86. The molecule has 130 valence electrons. The van der Waals surface area contributed by atoms with E-state index in [1.807, 2.05) is 6.07 Å². The van der Waals surface area contributed by atoms with Crippen LogP contribution in [0, 0.1) is 6.92 Å². The van der Waals surface area contributed by atoms with E-state index in [9.17, 15) is 0 Å². The summed E-state index contributed by atoms with van der Waals surface area (Å²) in [6.07, 6.45) is 4.69. The zero-order valence-electron chi connectivity index (χ0n) is 14.8. The van der Waals surface area contributed by atoms with Crippen molar-refractivity contribution in [3.8, 4) is 0 Å². The average Bonchev–Trinajstić information content (AvgIpc) is 2.96. The molecule has 0 unspecified atom stereocenters. The predicted octanol–water partition coefficient (Wildman–Crippen LogP) is 4.07. The van der Waals surface area contributed by atoms with Gasteiger partial charge in [-0.25, -0.2) is 4.98 Å². The SMILES string of the molecule is Cc1ccccc1Cn1c(N[C@H]2CCCC[C@H]2N)nc2ccccc21. The van der Waals surface area contributed by atoms with E-state index in [0.29, 0.717) is 6.04 Å². The minimum Gasteiger partial charge on any atom is -0.351 e. The largest absolute Gasteiger partial charge is 0.351 e. The fourth-order valence-electron chi connectivity index (χ4n) is 3.81. The van der Waals surface area contributed by atoms with Crippen LogP contribution < -0.4 is 11.1 Å². The van der Waals surface area contributed by atoms with Gasteiger partial charge >= 0.3 is 0 Å². The van der Waals surface area contributed by atoms with Crippen LogP contribution in [0.1, 0.15) is 36.8 Å². The Hall–Kier alpha value is -2.33. The molecule has 0 spiro atoms. The number of aromatic nitrogens is 2. The number of anilines is 1. The molecule has 2 atom stereocenters. The molecule has 3 aromatic rings. The number of benzene rings is 2. The highest BCUT2D eigenvalue weighted by atomic mass is 15.2. The molecule has 1 aromatic heterocycles. The van der Waals surface area contributed by atoms with Gasteiger partial charge in [0.15, 0.2) is 0 Å². The van der Waals surface area contributed by atoms with Crippen LogP contribution in [-0.2, 0) is 6.54 Å². The molecular formula is C21H26N4. The summed E-state index contributed by atoms with van der Waals surface area (Å²) in [5.74, 6) is 0.937. The number of aryl methyl sites for hydroxylation is 1. The number of nitrogens with two attached hydrogens (primary N) is 1. The van der Waals surface area contributed by atoms with E-state index in [-0.39, 0.29) is 6.04 Å². The fourth-order valence-corrected chi connectivity index (χ4v) is 3.81. The van der Waals surface area contributed by atoms with Gasteiger partial charge < -0.3 is 15.6 Å². The van der Waals surface area contributed by atoms with Gasteiger partial charge in [0, 0.05) is 12.1 Å². The normalized spacial score (nSPS) is 20.7. The highest BCUT2D eigenvalue weighted by Crippen LogP contribution is 2.25. The number of rotatable bonds is 4. The van der Waals surface area contributed by atoms with E-state index in [0.717, 1.165) is 36.4 Å². The molecule has 0 aliphatic heterocycles. The Balaban J connectivity index is 1.72. The van der Waals surface area contributed by atoms with Crippen molar-refractivity contribution in [2.24, 2.45) is 5.73 Å². The molecular weight excluding hydrogens is 308 g/mol. The molecule has 1 heterocycles. The first-order valence-electron chi connectivity index (χ1n) is 9.24. The lowest BCUT2D eigenvalue weighted by molar-refractivity contribution is 0.401. The maximum Gasteiger partial charge on any atom is 0.204 e. The molecule has 1 saturated carbocycles. The summed E-state index contributed by atoms with van der Waals surface area (Å²) in [6.45, 7) is 2.98. The maximum atomic E-state index is 6.35. The van der Waals surface area contributed by atoms with Crippen LogP contribution >= 0.6 is 0 Å². The number of nitrogens with one attached hydrogen (secondary N) is 1. The third kappa shape index (κ3) is 3.27. The summed E-state index contributed by atoms with van der Waals surface area (Å²) in [6, 6.07) is 17.4. The third-order valence-electron chi connectivity index (χ3n) is 5.38. The Bertz CT molecular complexity index is 867. The third-order valence-corrected chi connectivity index (χ3v) is 5.38. The van der Waals surface area contributed by atoms with E-state index in [4.69, 9.17) is 10.7 Å². The van der Waals surface area contributed by atoms with E-state index in [1.54, 1.807) is 0 Å². The van der Waals surface area contributed by atoms with Crippen molar-refractivity contribution in [3.63, 3.8) is 0 Å². The summed E-state index contributed by atoms with van der Waals surface area (Å²) >= 11 is 0. The van der Waals surface area contributed by atoms with Gasteiger partial charge in [-0.15, -0.1) is 0 Å². The lowest BCUT2D eigenvalue weighted by Crippen LogP contribution is -2.43. The molecule has 1 fully saturated rings. The Labute approximate surface area is 149 Å². The van der Waals surface area contributed by atoms with Gasteiger partial charge in [-0.2, -0.15) is 0 Å². The maximum absolute atomic E-state index is 6.35. The van der Waals surface area contributed by atoms with E-state index in [2.05, 4.69) is 59.3 Å². The van der Waals surface area contributed by atoms with Gasteiger partial charge in [-0.05, 0) is 43.0 Å². The second-order valence-electron chi connectivity index (χ2n) is 7.14. The van der Waals surface area contributed by atoms with E-state index >= 15 is 0 Å². The molecule has 0 radical (unpaired) electrons.